The molecule has 0 aromatic carbocycles. The fourth-order valence-corrected chi connectivity index (χ4v) is 1.78. The van der Waals surface area contributed by atoms with Crippen LogP contribution in [-0.2, 0) is 4.79 Å². The number of nitrogens with one attached hydrogen (secondary N) is 1. The fraction of sp³-hybridized carbons (Fsp3) is 0.889. The number of carbonyl (C=O) groups is 1. The number of rotatable bonds is 2. The van der Waals surface area contributed by atoms with E-state index in [-0.39, 0.29) is 11.8 Å². The molecule has 3 heteroatoms. The summed E-state index contributed by atoms with van der Waals surface area (Å²) in [4.78, 5) is 10.9. The summed E-state index contributed by atoms with van der Waals surface area (Å²) in [6.45, 7) is 4.06. The largest absolute Gasteiger partial charge is 0.369 e. The molecule has 2 unspecified atom stereocenters. The van der Waals surface area contributed by atoms with Crippen molar-refractivity contribution in [2.75, 3.05) is 13.1 Å². The van der Waals surface area contributed by atoms with Crippen LogP contribution < -0.4 is 11.1 Å². The van der Waals surface area contributed by atoms with E-state index in [1.54, 1.807) is 0 Å². The second-order valence-corrected chi connectivity index (χ2v) is 3.63. The highest BCUT2D eigenvalue weighted by Gasteiger charge is 2.22. The first-order valence-corrected chi connectivity index (χ1v) is 4.72. The molecule has 3 nitrogen and oxygen atoms in total. The first-order valence-electron chi connectivity index (χ1n) is 4.72. The molecule has 12 heavy (non-hydrogen) atoms. The lowest BCUT2D eigenvalue weighted by Crippen LogP contribution is -2.28. The van der Waals surface area contributed by atoms with Gasteiger partial charge in [-0.1, -0.05) is 6.92 Å². The third kappa shape index (κ3) is 2.48. The second kappa shape index (κ2) is 4.45. The molecule has 1 rings (SSSR count). The molecule has 0 aromatic rings. The molecule has 0 saturated carbocycles. The zero-order valence-corrected chi connectivity index (χ0v) is 7.68. The Hall–Kier alpha value is -0.570. The molecule has 1 aliphatic heterocycles. The van der Waals surface area contributed by atoms with Gasteiger partial charge in [-0.05, 0) is 38.3 Å². The Balaban J connectivity index is 2.42. The van der Waals surface area contributed by atoms with E-state index in [0.29, 0.717) is 5.92 Å². The van der Waals surface area contributed by atoms with Crippen molar-refractivity contribution >= 4 is 5.91 Å². The average Bonchev–Trinajstić information content (AvgIpc) is 2.30. The van der Waals surface area contributed by atoms with E-state index >= 15 is 0 Å². The van der Waals surface area contributed by atoms with Gasteiger partial charge in [-0.3, -0.25) is 4.79 Å². The molecule has 0 radical (unpaired) electrons. The van der Waals surface area contributed by atoms with Crippen molar-refractivity contribution in [3.8, 4) is 0 Å². The predicted molar refractivity (Wildman–Crippen MR) is 48.6 cm³/mol. The molecule has 1 heterocycles. The summed E-state index contributed by atoms with van der Waals surface area (Å²) in [6, 6.07) is 0. The Morgan fingerprint density at radius 1 is 1.50 bits per heavy atom. The minimum atomic E-state index is -0.151. The smallest absolute Gasteiger partial charge is 0.220 e. The van der Waals surface area contributed by atoms with Gasteiger partial charge < -0.3 is 11.1 Å². The van der Waals surface area contributed by atoms with E-state index < -0.39 is 0 Å². The summed E-state index contributed by atoms with van der Waals surface area (Å²) in [5.41, 5.74) is 5.26. The van der Waals surface area contributed by atoms with E-state index in [1.807, 2.05) is 6.92 Å². The third-order valence-electron chi connectivity index (χ3n) is 2.78. The van der Waals surface area contributed by atoms with Crippen molar-refractivity contribution < 1.29 is 4.79 Å². The molecule has 1 fully saturated rings. The SMILES string of the molecule is CC(C(N)=O)C1CCCNCC1. The summed E-state index contributed by atoms with van der Waals surface area (Å²) >= 11 is 0. The van der Waals surface area contributed by atoms with Gasteiger partial charge in [-0.15, -0.1) is 0 Å². The topological polar surface area (TPSA) is 55.1 Å². The normalized spacial score (nSPS) is 27.6. The molecule has 1 saturated heterocycles. The lowest BCUT2D eigenvalue weighted by Gasteiger charge is -2.18. The first-order chi connectivity index (χ1) is 5.72. The van der Waals surface area contributed by atoms with Gasteiger partial charge in [0, 0.05) is 5.92 Å². The molecule has 1 amide bonds. The molecule has 0 spiro atoms. The Bertz CT molecular complexity index is 151. The Morgan fingerprint density at radius 2 is 2.25 bits per heavy atom. The highest BCUT2D eigenvalue weighted by Crippen LogP contribution is 2.22. The summed E-state index contributed by atoms with van der Waals surface area (Å²) in [7, 11) is 0. The Kier molecular flexibility index (Phi) is 3.53. The summed E-state index contributed by atoms with van der Waals surface area (Å²) < 4.78 is 0. The van der Waals surface area contributed by atoms with E-state index in [0.717, 1.165) is 25.9 Å². The van der Waals surface area contributed by atoms with Crippen molar-refractivity contribution in [1.29, 1.82) is 0 Å². The van der Waals surface area contributed by atoms with Gasteiger partial charge in [0.2, 0.25) is 5.91 Å². The third-order valence-corrected chi connectivity index (χ3v) is 2.78. The molecule has 0 bridgehead atoms. The van der Waals surface area contributed by atoms with Crippen molar-refractivity contribution in [3.63, 3.8) is 0 Å². The Labute approximate surface area is 73.7 Å². The van der Waals surface area contributed by atoms with Crippen LogP contribution in [0.3, 0.4) is 0 Å². The van der Waals surface area contributed by atoms with Crippen LogP contribution in [0.15, 0.2) is 0 Å². The van der Waals surface area contributed by atoms with Gasteiger partial charge >= 0.3 is 0 Å². The van der Waals surface area contributed by atoms with Gasteiger partial charge in [0.25, 0.3) is 0 Å². The molecular weight excluding hydrogens is 152 g/mol. The zero-order chi connectivity index (χ0) is 8.97. The lowest BCUT2D eigenvalue weighted by atomic mass is 9.87. The van der Waals surface area contributed by atoms with Gasteiger partial charge in [0.05, 0.1) is 0 Å². The van der Waals surface area contributed by atoms with Crippen LogP contribution in [0.2, 0.25) is 0 Å². The maximum absolute atomic E-state index is 10.9. The number of carbonyl (C=O) groups excluding carboxylic acids is 1. The van der Waals surface area contributed by atoms with Crippen LogP contribution in [0.4, 0.5) is 0 Å². The van der Waals surface area contributed by atoms with Gasteiger partial charge in [-0.2, -0.15) is 0 Å². The van der Waals surface area contributed by atoms with E-state index in [9.17, 15) is 4.79 Å². The number of amides is 1. The van der Waals surface area contributed by atoms with Crippen molar-refractivity contribution in [2.24, 2.45) is 17.6 Å². The summed E-state index contributed by atoms with van der Waals surface area (Å²) in [5, 5.41) is 3.32. The molecule has 2 atom stereocenters. The standard InChI is InChI=1S/C9H18N2O/c1-7(9(10)12)8-3-2-5-11-6-4-8/h7-8,11H,2-6H2,1H3,(H2,10,12). The van der Waals surface area contributed by atoms with Crippen LogP contribution >= 0.6 is 0 Å². The van der Waals surface area contributed by atoms with Gasteiger partial charge in [-0.25, -0.2) is 0 Å². The first kappa shape index (κ1) is 9.52. The summed E-state index contributed by atoms with van der Waals surface area (Å²) in [6.07, 6.45) is 3.39. The highest BCUT2D eigenvalue weighted by molar-refractivity contribution is 5.76. The summed E-state index contributed by atoms with van der Waals surface area (Å²) in [5.74, 6) is 0.393. The quantitative estimate of drug-likeness (QED) is 0.634. The van der Waals surface area contributed by atoms with Crippen molar-refractivity contribution in [1.82, 2.24) is 5.32 Å². The molecular formula is C9H18N2O. The molecule has 1 aliphatic rings. The lowest BCUT2D eigenvalue weighted by molar-refractivity contribution is -0.122. The fourth-order valence-electron chi connectivity index (χ4n) is 1.78. The van der Waals surface area contributed by atoms with Crippen LogP contribution in [-0.4, -0.2) is 19.0 Å². The zero-order valence-electron chi connectivity index (χ0n) is 7.68. The molecule has 0 aliphatic carbocycles. The number of hydrogen-bond donors (Lipinski definition) is 2. The molecule has 3 N–H and O–H groups in total. The van der Waals surface area contributed by atoms with E-state index in [4.69, 9.17) is 5.73 Å². The van der Waals surface area contributed by atoms with E-state index in [1.165, 1.54) is 6.42 Å². The average molecular weight is 170 g/mol. The Morgan fingerprint density at radius 3 is 2.92 bits per heavy atom. The minimum absolute atomic E-state index is 0.0462. The van der Waals surface area contributed by atoms with Crippen molar-refractivity contribution in [3.05, 3.63) is 0 Å². The maximum atomic E-state index is 10.9. The van der Waals surface area contributed by atoms with Crippen molar-refractivity contribution in [2.45, 2.75) is 26.2 Å². The van der Waals surface area contributed by atoms with Crippen LogP contribution in [0.25, 0.3) is 0 Å². The van der Waals surface area contributed by atoms with Crippen LogP contribution in [0, 0.1) is 11.8 Å². The number of nitrogens with two attached hydrogens (primary N) is 1. The van der Waals surface area contributed by atoms with Crippen LogP contribution in [0.5, 0.6) is 0 Å². The second-order valence-electron chi connectivity index (χ2n) is 3.63. The van der Waals surface area contributed by atoms with Gasteiger partial charge in [0.1, 0.15) is 0 Å². The maximum Gasteiger partial charge on any atom is 0.220 e. The number of hydrogen-bond acceptors (Lipinski definition) is 2. The molecule has 70 valence electrons. The minimum Gasteiger partial charge on any atom is -0.369 e. The monoisotopic (exact) mass is 170 g/mol. The highest BCUT2D eigenvalue weighted by atomic mass is 16.1. The van der Waals surface area contributed by atoms with Crippen LogP contribution in [0.1, 0.15) is 26.2 Å². The van der Waals surface area contributed by atoms with E-state index in [2.05, 4.69) is 5.32 Å². The molecule has 0 aromatic heterocycles. The number of primary amides is 1. The van der Waals surface area contributed by atoms with Gasteiger partial charge in [0.15, 0.2) is 0 Å². The predicted octanol–water partition coefficient (Wildman–Crippen LogP) is 0.497.